The van der Waals surface area contributed by atoms with Gasteiger partial charge in [0.15, 0.2) is 0 Å². The summed E-state index contributed by atoms with van der Waals surface area (Å²) < 4.78 is 35.4. The molecule has 1 rings (SSSR count). The van der Waals surface area contributed by atoms with Crippen LogP contribution >= 0.6 is 22.9 Å². The van der Waals surface area contributed by atoms with Crippen LogP contribution in [0.15, 0.2) is 22.8 Å². The van der Waals surface area contributed by atoms with Gasteiger partial charge in [0, 0.05) is 10.6 Å². The fourth-order valence-electron chi connectivity index (χ4n) is 0.663. The second-order valence-corrected chi connectivity index (χ2v) is 3.34. The van der Waals surface area contributed by atoms with Crippen LogP contribution in [-0.2, 0) is 0 Å². The lowest BCUT2D eigenvalue weighted by Crippen LogP contribution is -2.10. The van der Waals surface area contributed by atoms with E-state index in [1.54, 1.807) is 16.8 Å². The maximum Gasteiger partial charge on any atom is 0.504 e. The molecule has 0 aliphatic carbocycles. The van der Waals surface area contributed by atoms with E-state index in [4.69, 9.17) is 11.6 Å². The van der Waals surface area contributed by atoms with E-state index in [1.165, 1.54) is 11.3 Å². The van der Waals surface area contributed by atoms with Gasteiger partial charge in [-0.1, -0.05) is 11.6 Å². The Morgan fingerprint density at radius 1 is 1.50 bits per heavy atom. The Bertz CT molecular complexity index is 277. The summed E-state index contributed by atoms with van der Waals surface area (Å²) in [5.41, 5.74) is 0.417. The van der Waals surface area contributed by atoms with Crippen LogP contribution in [0.5, 0.6) is 0 Å². The molecule has 6 heteroatoms. The Morgan fingerprint density at radius 3 is 2.58 bits per heavy atom. The van der Waals surface area contributed by atoms with Crippen LogP contribution in [0.3, 0.4) is 0 Å². The van der Waals surface area contributed by atoms with Crippen molar-refractivity contribution in [2.45, 2.75) is 0 Å². The first-order valence-electron chi connectivity index (χ1n) is 3.10. The molecule has 0 saturated heterocycles. The van der Waals surface area contributed by atoms with Crippen molar-refractivity contribution in [1.29, 1.82) is 0 Å². The van der Waals surface area contributed by atoms with Gasteiger partial charge in [-0.15, -0.1) is 5.98 Å². The van der Waals surface area contributed by atoms with Crippen LogP contribution < -0.4 is 0 Å². The molecule has 0 radical (unpaired) electrons. The number of rotatable bonds is 2. The van der Waals surface area contributed by atoms with Crippen molar-refractivity contribution in [2.75, 3.05) is 0 Å². The highest BCUT2D eigenvalue weighted by Gasteiger charge is 2.19. The highest BCUT2D eigenvalue weighted by atomic mass is 35.5. The van der Waals surface area contributed by atoms with Crippen LogP contribution in [0.1, 0.15) is 5.56 Å². The van der Waals surface area contributed by atoms with Crippen LogP contribution in [0.25, 0.3) is 5.03 Å². The largest absolute Gasteiger partial charge is 0.504 e. The molecule has 0 N–H and O–H groups in total. The minimum atomic E-state index is -4.94. The van der Waals surface area contributed by atoms with Gasteiger partial charge in [0.05, 0.1) is 0 Å². The molecule has 1 aromatic rings. The van der Waals surface area contributed by atoms with E-state index < -0.39 is 6.98 Å². The van der Waals surface area contributed by atoms with Gasteiger partial charge in [-0.05, 0) is 16.8 Å². The third kappa shape index (κ3) is 2.91. The van der Waals surface area contributed by atoms with Crippen molar-refractivity contribution >= 4 is 34.9 Å². The second-order valence-electron chi connectivity index (χ2n) is 2.15. The molecule has 0 atom stereocenters. The fraction of sp³-hybridized carbons (Fsp3) is 0. The molecule has 66 valence electrons. The third-order valence-electron chi connectivity index (χ3n) is 1.13. The maximum absolute atomic E-state index is 11.8. The fourth-order valence-corrected chi connectivity index (χ4v) is 1.64. The monoisotopic (exact) mass is 211 g/mol. The zero-order chi connectivity index (χ0) is 9.19. The van der Waals surface area contributed by atoms with E-state index in [0.29, 0.717) is 5.56 Å². The maximum atomic E-state index is 11.8. The van der Waals surface area contributed by atoms with Crippen LogP contribution in [0.2, 0.25) is 0 Å². The molecule has 12 heavy (non-hydrogen) atoms. The Morgan fingerprint density at radius 2 is 2.17 bits per heavy atom. The standard InChI is InChI=1S/C6H4BClF3S/c8-6(3-7(9,10)11)5-1-2-12-4-5/h1-4H/q-1/b6-3-. The molecular weight excluding hydrogens is 207 g/mol. The zero-order valence-corrected chi connectivity index (χ0v) is 7.38. The van der Waals surface area contributed by atoms with Crippen molar-refractivity contribution in [3.8, 4) is 0 Å². The van der Waals surface area contributed by atoms with Crippen molar-refractivity contribution < 1.29 is 12.9 Å². The zero-order valence-electron chi connectivity index (χ0n) is 5.81. The smallest absolute Gasteiger partial charge is 0.445 e. The molecule has 0 amide bonds. The summed E-state index contributed by atoms with van der Waals surface area (Å²) in [6, 6.07) is 1.55. The molecule has 0 aliphatic heterocycles. The average molecular weight is 211 g/mol. The van der Waals surface area contributed by atoms with Gasteiger partial charge in [-0.25, -0.2) is 0 Å². The quantitative estimate of drug-likeness (QED) is 0.654. The molecule has 0 aromatic carbocycles. The van der Waals surface area contributed by atoms with E-state index >= 15 is 0 Å². The van der Waals surface area contributed by atoms with Gasteiger partial charge in [0.25, 0.3) is 0 Å². The molecule has 0 spiro atoms. The number of hydrogen-bond acceptors (Lipinski definition) is 1. The first kappa shape index (κ1) is 9.67. The van der Waals surface area contributed by atoms with Crippen LogP contribution in [0, 0.1) is 0 Å². The molecule has 1 aromatic heterocycles. The molecule has 1 heterocycles. The van der Waals surface area contributed by atoms with Crippen molar-refractivity contribution in [3.63, 3.8) is 0 Å². The highest BCUT2D eigenvalue weighted by Crippen LogP contribution is 2.25. The summed E-state index contributed by atoms with van der Waals surface area (Å²) in [7, 11) is 0. The van der Waals surface area contributed by atoms with Gasteiger partial charge < -0.3 is 12.9 Å². The summed E-state index contributed by atoms with van der Waals surface area (Å²) in [4.78, 5) is 0. The van der Waals surface area contributed by atoms with E-state index in [1.807, 2.05) is 0 Å². The van der Waals surface area contributed by atoms with Crippen LogP contribution in [-0.4, -0.2) is 6.98 Å². The van der Waals surface area contributed by atoms with Gasteiger partial charge in [0.1, 0.15) is 0 Å². The van der Waals surface area contributed by atoms with Crippen molar-refractivity contribution in [1.82, 2.24) is 0 Å². The Kier molecular flexibility index (Phi) is 2.85. The topological polar surface area (TPSA) is 0 Å². The third-order valence-corrected chi connectivity index (χ3v) is 2.16. The Labute approximate surface area is 76.7 Å². The summed E-state index contributed by atoms with van der Waals surface area (Å²) in [6.07, 6.45) is 0. The SMILES string of the molecule is F[B-](F)(F)/C=C(\Cl)c1ccsc1. The second kappa shape index (κ2) is 3.54. The predicted molar refractivity (Wildman–Crippen MR) is 47.2 cm³/mol. The molecule has 0 aliphatic rings. The van der Waals surface area contributed by atoms with Crippen molar-refractivity contribution in [2.24, 2.45) is 0 Å². The molecule has 0 saturated carbocycles. The first-order valence-corrected chi connectivity index (χ1v) is 4.42. The Hall–Kier alpha value is -0.415. The van der Waals surface area contributed by atoms with Gasteiger partial charge >= 0.3 is 6.98 Å². The van der Waals surface area contributed by atoms with E-state index in [-0.39, 0.29) is 11.0 Å². The van der Waals surface area contributed by atoms with E-state index in [0.717, 1.165) is 0 Å². The molecular formula is C6H4BClF3S-. The van der Waals surface area contributed by atoms with E-state index in [9.17, 15) is 12.9 Å². The van der Waals surface area contributed by atoms with Gasteiger partial charge in [0.2, 0.25) is 0 Å². The highest BCUT2D eigenvalue weighted by molar-refractivity contribution is 7.08. The predicted octanol–water partition coefficient (Wildman–Crippen LogP) is 3.71. The summed E-state index contributed by atoms with van der Waals surface area (Å²) >= 11 is 6.70. The number of thiophene rings is 1. The van der Waals surface area contributed by atoms with Gasteiger partial charge in [-0.2, -0.15) is 11.3 Å². The molecule has 0 bridgehead atoms. The van der Waals surface area contributed by atoms with Crippen molar-refractivity contribution in [3.05, 3.63) is 28.4 Å². The Balaban J connectivity index is 2.85. The minimum absolute atomic E-state index is 0.142. The van der Waals surface area contributed by atoms with E-state index in [2.05, 4.69) is 0 Å². The van der Waals surface area contributed by atoms with Gasteiger partial charge in [-0.3, -0.25) is 0 Å². The summed E-state index contributed by atoms with van der Waals surface area (Å²) in [5.74, 6) is 0.142. The average Bonchev–Trinajstić information content (AvgIpc) is 2.32. The lowest BCUT2D eigenvalue weighted by molar-refractivity contribution is 0.499. The number of hydrogen-bond donors (Lipinski definition) is 0. The molecule has 0 nitrogen and oxygen atoms in total. The normalized spacial score (nSPS) is 13.5. The lowest BCUT2D eigenvalue weighted by Gasteiger charge is -2.07. The summed E-state index contributed by atoms with van der Waals surface area (Å²) in [5, 5.41) is 3.00. The molecule has 0 unspecified atom stereocenters. The molecule has 0 fully saturated rings. The lowest BCUT2D eigenvalue weighted by atomic mass is 9.91. The first-order chi connectivity index (χ1) is 5.49. The van der Waals surface area contributed by atoms with Crippen LogP contribution in [0.4, 0.5) is 12.9 Å². The minimum Gasteiger partial charge on any atom is -0.445 e. The number of halogens is 4. The summed E-state index contributed by atoms with van der Waals surface area (Å²) in [6.45, 7) is -4.94.